The molecule has 1 N–H and O–H groups in total. The molecule has 1 amide bonds. The number of ether oxygens (including phenoxy) is 1. The SMILES string of the molecule is CCN(CC)S(=O)(=O)c1ccc2c(c1)CC[C@@H](C(=O)N(C)[C@H](CN1CC[C@H](O)C1)c1ccccc1)O2. The number of sulfonamides is 1. The summed E-state index contributed by atoms with van der Waals surface area (Å²) in [6.07, 6.45) is 0.831. The summed E-state index contributed by atoms with van der Waals surface area (Å²) >= 11 is 0. The number of likely N-dealkylation sites (tertiary alicyclic amines) is 1. The van der Waals surface area contributed by atoms with E-state index in [0.29, 0.717) is 44.8 Å². The molecule has 0 unspecified atom stereocenters. The average molecular weight is 516 g/mol. The van der Waals surface area contributed by atoms with Crippen molar-refractivity contribution in [2.24, 2.45) is 0 Å². The summed E-state index contributed by atoms with van der Waals surface area (Å²) in [6, 6.07) is 14.7. The third kappa shape index (κ3) is 5.59. The molecule has 4 rings (SSSR count). The van der Waals surface area contributed by atoms with E-state index in [0.717, 1.165) is 24.1 Å². The fourth-order valence-electron chi connectivity index (χ4n) is 5.14. The maximum Gasteiger partial charge on any atom is 0.263 e. The normalized spacial score (nSPS) is 21.1. The molecular formula is C27H37N3O5S. The van der Waals surface area contributed by atoms with Gasteiger partial charge < -0.3 is 14.7 Å². The van der Waals surface area contributed by atoms with Gasteiger partial charge in [-0.25, -0.2) is 8.42 Å². The van der Waals surface area contributed by atoms with Crippen molar-refractivity contribution in [1.82, 2.24) is 14.1 Å². The number of β-amino-alcohol motifs (C(OH)–C–C–N with tert-alkyl or cyclic N) is 1. The van der Waals surface area contributed by atoms with Crippen LogP contribution in [0.2, 0.25) is 0 Å². The van der Waals surface area contributed by atoms with Gasteiger partial charge >= 0.3 is 0 Å². The lowest BCUT2D eigenvalue weighted by atomic mass is 10.00. The van der Waals surface area contributed by atoms with Crippen LogP contribution in [0.1, 0.15) is 43.9 Å². The molecule has 9 heteroatoms. The van der Waals surface area contributed by atoms with Crippen molar-refractivity contribution in [3.05, 3.63) is 59.7 Å². The molecule has 2 aliphatic rings. The van der Waals surface area contributed by atoms with E-state index in [1.807, 2.05) is 51.2 Å². The first-order valence-electron chi connectivity index (χ1n) is 12.8. The second-order valence-corrected chi connectivity index (χ2v) is 11.5. The number of aliphatic hydroxyl groups excluding tert-OH is 1. The zero-order chi connectivity index (χ0) is 25.9. The van der Waals surface area contributed by atoms with Crippen LogP contribution in [-0.4, -0.2) is 85.5 Å². The quantitative estimate of drug-likeness (QED) is 0.552. The highest BCUT2D eigenvalue weighted by molar-refractivity contribution is 7.89. The first-order valence-corrected chi connectivity index (χ1v) is 14.2. The van der Waals surface area contributed by atoms with Crippen LogP contribution in [0.25, 0.3) is 0 Å². The van der Waals surface area contributed by atoms with Gasteiger partial charge in [-0.05, 0) is 48.6 Å². The van der Waals surface area contributed by atoms with Gasteiger partial charge in [0, 0.05) is 39.8 Å². The second-order valence-electron chi connectivity index (χ2n) is 9.58. The number of likely N-dealkylation sites (N-methyl/N-ethyl adjacent to an activating group) is 1. The van der Waals surface area contributed by atoms with Crippen molar-refractivity contribution in [2.75, 3.05) is 39.8 Å². The lowest BCUT2D eigenvalue weighted by Gasteiger charge is -2.35. The molecule has 2 heterocycles. The first kappa shape index (κ1) is 26.6. The van der Waals surface area contributed by atoms with E-state index in [2.05, 4.69) is 4.90 Å². The largest absolute Gasteiger partial charge is 0.480 e. The summed E-state index contributed by atoms with van der Waals surface area (Å²) in [5, 5.41) is 9.97. The van der Waals surface area contributed by atoms with Crippen molar-refractivity contribution < 1.29 is 23.1 Å². The molecule has 2 aliphatic heterocycles. The topological polar surface area (TPSA) is 90.4 Å². The number of amides is 1. The van der Waals surface area contributed by atoms with Crippen LogP contribution in [0.15, 0.2) is 53.4 Å². The molecule has 0 aromatic heterocycles. The number of fused-ring (bicyclic) bond motifs is 1. The van der Waals surface area contributed by atoms with Gasteiger partial charge in [0.1, 0.15) is 5.75 Å². The van der Waals surface area contributed by atoms with E-state index in [-0.39, 0.29) is 22.9 Å². The van der Waals surface area contributed by atoms with Crippen LogP contribution in [0.5, 0.6) is 5.75 Å². The molecule has 3 atom stereocenters. The highest BCUT2D eigenvalue weighted by atomic mass is 32.2. The third-order valence-corrected chi connectivity index (χ3v) is 9.32. The standard InChI is InChI=1S/C27H37N3O5S/c1-4-30(5-2)36(33,34)23-12-14-25-21(17-23)11-13-26(35-25)27(32)28(3)24(20-9-7-6-8-10-20)19-29-16-15-22(31)18-29/h6-10,12,14,17,22,24,26,31H,4-5,11,13,15-16,18-19H2,1-3H3/t22-,24+,26-/m0/s1. The summed E-state index contributed by atoms with van der Waals surface area (Å²) in [7, 11) is -1.74. The highest BCUT2D eigenvalue weighted by Gasteiger charge is 2.34. The Morgan fingerprint density at radius 3 is 2.50 bits per heavy atom. The minimum atomic E-state index is -3.56. The Hall–Kier alpha value is -2.46. The molecule has 2 aromatic rings. The zero-order valence-corrected chi connectivity index (χ0v) is 22.2. The maximum atomic E-state index is 13.6. The van der Waals surface area contributed by atoms with Crippen molar-refractivity contribution in [2.45, 2.75) is 56.3 Å². The molecule has 0 radical (unpaired) electrons. The molecule has 8 nitrogen and oxygen atoms in total. The minimum Gasteiger partial charge on any atom is -0.480 e. The number of hydrogen-bond acceptors (Lipinski definition) is 6. The van der Waals surface area contributed by atoms with E-state index in [1.165, 1.54) is 4.31 Å². The summed E-state index contributed by atoms with van der Waals surface area (Å²) in [6.45, 7) is 6.52. The van der Waals surface area contributed by atoms with Crippen LogP contribution >= 0.6 is 0 Å². The summed E-state index contributed by atoms with van der Waals surface area (Å²) in [5.41, 5.74) is 1.85. The van der Waals surface area contributed by atoms with Crippen molar-refractivity contribution in [1.29, 1.82) is 0 Å². The molecule has 0 saturated carbocycles. The summed E-state index contributed by atoms with van der Waals surface area (Å²) in [5.74, 6) is 0.458. The highest BCUT2D eigenvalue weighted by Crippen LogP contribution is 2.32. The zero-order valence-electron chi connectivity index (χ0n) is 21.3. The van der Waals surface area contributed by atoms with Crippen molar-refractivity contribution in [3.8, 4) is 5.75 Å². The average Bonchev–Trinajstić information content (AvgIpc) is 3.31. The Balaban J connectivity index is 1.50. The number of nitrogens with zero attached hydrogens (tertiary/aromatic N) is 3. The van der Waals surface area contributed by atoms with Crippen LogP contribution in [0.4, 0.5) is 0 Å². The smallest absolute Gasteiger partial charge is 0.263 e. The van der Waals surface area contributed by atoms with Gasteiger partial charge in [0.25, 0.3) is 5.91 Å². The van der Waals surface area contributed by atoms with Gasteiger partial charge in [0.05, 0.1) is 17.0 Å². The van der Waals surface area contributed by atoms with Gasteiger partial charge in [-0.15, -0.1) is 0 Å². The fraction of sp³-hybridized carbons (Fsp3) is 0.519. The lowest BCUT2D eigenvalue weighted by molar-refractivity contribution is -0.140. The second kappa shape index (κ2) is 11.3. The van der Waals surface area contributed by atoms with Gasteiger partial charge in [-0.3, -0.25) is 9.69 Å². The Morgan fingerprint density at radius 2 is 1.86 bits per heavy atom. The van der Waals surface area contributed by atoms with Crippen molar-refractivity contribution >= 4 is 15.9 Å². The monoisotopic (exact) mass is 515 g/mol. The molecule has 1 saturated heterocycles. The first-order chi connectivity index (χ1) is 17.2. The lowest BCUT2D eigenvalue weighted by Crippen LogP contribution is -2.46. The Kier molecular flexibility index (Phi) is 8.34. The molecule has 1 fully saturated rings. The van der Waals surface area contributed by atoms with Crippen molar-refractivity contribution in [3.63, 3.8) is 0 Å². The minimum absolute atomic E-state index is 0.103. The molecule has 0 bridgehead atoms. The van der Waals surface area contributed by atoms with Crippen LogP contribution in [0.3, 0.4) is 0 Å². The van der Waals surface area contributed by atoms with Crippen LogP contribution in [-0.2, 0) is 21.2 Å². The molecule has 2 aromatic carbocycles. The molecule has 196 valence electrons. The molecule has 36 heavy (non-hydrogen) atoms. The van der Waals surface area contributed by atoms with E-state index in [4.69, 9.17) is 4.74 Å². The number of aryl methyl sites for hydroxylation is 1. The Labute approximate surface area is 214 Å². The summed E-state index contributed by atoms with van der Waals surface area (Å²) < 4.78 is 33.4. The van der Waals surface area contributed by atoms with Gasteiger partial charge in [0.2, 0.25) is 10.0 Å². The van der Waals surface area contributed by atoms with Gasteiger partial charge in [0.15, 0.2) is 6.10 Å². The predicted molar refractivity (Wildman–Crippen MR) is 138 cm³/mol. The number of benzene rings is 2. The number of aliphatic hydroxyl groups is 1. The Morgan fingerprint density at radius 1 is 1.14 bits per heavy atom. The van der Waals surface area contributed by atoms with Gasteiger partial charge in [-0.1, -0.05) is 44.2 Å². The number of rotatable bonds is 9. The van der Waals surface area contributed by atoms with E-state index in [9.17, 15) is 18.3 Å². The number of carbonyl (C=O) groups excluding carboxylic acids is 1. The third-order valence-electron chi connectivity index (χ3n) is 7.27. The Bertz CT molecular complexity index is 1150. The van der Waals surface area contributed by atoms with Gasteiger partial charge in [-0.2, -0.15) is 4.31 Å². The number of hydrogen-bond donors (Lipinski definition) is 1. The van der Waals surface area contributed by atoms with Crippen LogP contribution in [0, 0.1) is 0 Å². The fourth-order valence-corrected chi connectivity index (χ4v) is 6.65. The molecular weight excluding hydrogens is 478 g/mol. The maximum absolute atomic E-state index is 13.6. The summed E-state index contributed by atoms with van der Waals surface area (Å²) in [4.78, 5) is 17.8. The predicted octanol–water partition coefficient (Wildman–Crippen LogP) is 2.68. The molecule has 0 spiro atoms. The van der Waals surface area contributed by atoms with E-state index in [1.54, 1.807) is 23.1 Å². The van der Waals surface area contributed by atoms with E-state index >= 15 is 0 Å². The number of carbonyl (C=O) groups is 1. The molecule has 0 aliphatic carbocycles. The van der Waals surface area contributed by atoms with Crippen LogP contribution < -0.4 is 4.74 Å². The van der Waals surface area contributed by atoms with E-state index < -0.39 is 16.1 Å².